The van der Waals surface area contributed by atoms with Crippen molar-refractivity contribution < 1.29 is 23.2 Å². The number of nitrogens with one attached hydrogen (secondary N) is 2. The zero-order valence-electron chi connectivity index (χ0n) is 22.0. The number of aromatic nitrogens is 1. The number of thiazole rings is 1. The number of carbonyl (C=O) groups is 2. The zero-order chi connectivity index (χ0) is 27.2. The van der Waals surface area contributed by atoms with Crippen LogP contribution in [0.5, 0.6) is 0 Å². The number of benzene rings is 2. The number of amides is 2. The van der Waals surface area contributed by atoms with Crippen LogP contribution in [0.25, 0.3) is 11.3 Å². The highest BCUT2D eigenvalue weighted by Gasteiger charge is 2.28. The van der Waals surface area contributed by atoms with E-state index in [0.717, 1.165) is 22.5 Å². The van der Waals surface area contributed by atoms with E-state index in [2.05, 4.69) is 15.6 Å². The predicted octanol–water partition coefficient (Wildman–Crippen LogP) is 6.74. The molecule has 1 aromatic heterocycles. The number of hydrogen-bond acceptors (Lipinski definition) is 7. The largest absolute Gasteiger partial charge is 0.349 e. The summed E-state index contributed by atoms with van der Waals surface area (Å²) in [7, 11) is -3.35. The Kier molecular flexibility index (Phi) is 9.79. The van der Waals surface area contributed by atoms with Gasteiger partial charge in [0.2, 0.25) is 0 Å². The van der Waals surface area contributed by atoms with Crippen molar-refractivity contribution in [2.75, 3.05) is 5.32 Å². The molecule has 0 saturated heterocycles. The number of carbonyl (C=O) groups excluding carboxylic acids is 2. The van der Waals surface area contributed by atoms with E-state index in [1.165, 1.54) is 0 Å². The van der Waals surface area contributed by atoms with Gasteiger partial charge in [0, 0.05) is 17.2 Å². The first-order valence-electron chi connectivity index (χ1n) is 12.2. The molecule has 10 heteroatoms. The van der Waals surface area contributed by atoms with Gasteiger partial charge in [-0.05, 0) is 59.2 Å². The van der Waals surface area contributed by atoms with Gasteiger partial charge in [-0.1, -0.05) is 53.8 Å². The standard InChI is InChI=1S/C27H34N3O5PS/c1-17(2)28-26(32)24-23(21-10-8-7-9-11-21)29-27(37-24)30-25(31)22-14-12-20(13-15-22)16-36(33,34-18(3)4)35-19(5)6/h7-15,17-19H,16H2,1-6H3,(H,28,32)(H,29,30,31). The molecule has 0 radical (unpaired) electrons. The van der Waals surface area contributed by atoms with Crippen molar-refractivity contribution in [3.63, 3.8) is 0 Å². The second kappa shape index (κ2) is 12.6. The van der Waals surface area contributed by atoms with Gasteiger partial charge in [-0.2, -0.15) is 0 Å². The van der Waals surface area contributed by atoms with Crippen LogP contribution in [0.15, 0.2) is 54.6 Å². The van der Waals surface area contributed by atoms with E-state index >= 15 is 0 Å². The molecular weight excluding hydrogens is 509 g/mol. The van der Waals surface area contributed by atoms with Gasteiger partial charge in [0.15, 0.2) is 5.13 Å². The van der Waals surface area contributed by atoms with Crippen molar-refractivity contribution in [2.45, 2.75) is 66.0 Å². The zero-order valence-corrected chi connectivity index (χ0v) is 23.7. The SMILES string of the molecule is CC(C)NC(=O)c1sc(NC(=O)c2ccc(CP(=O)(OC(C)C)OC(C)C)cc2)nc1-c1ccccc1. The maximum absolute atomic E-state index is 13.2. The summed E-state index contributed by atoms with van der Waals surface area (Å²) in [5, 5.41) is 6.01. The molecule has 3 rings (SSSR count). The van der Waals surface area contributed by atoms with Gasteiger partial charge in [-0.3, -0.25) is 19.5 Å². The van der Waals surface area contributed by atoms with Crippen LogP contribution in [0.1, 0.15) is 67.1 Å². The Morgan fingerprint density at radius 3 is 2.03 bits per heavy atom. The van der Waals surface area contributed by atoms with Gasteiger partial charge >= 0.3 is 7.60 Å². The lowest BCUT2D eigenvalue weighted by Gasteiger charge is -2.22. The lowest BCUT2D eigenvalue weighted by atomic mass is 10.1. The molecule has 0 aliphatic heterocycles. The summed E-state index contributed by atoms with van der Waals surface area (Å²) in [5.41, 5.74) is 2.43. The third-order valence-electron chi connectivity index (χ3n) is 4.86. The maximum atomic E-state index is 13.2. The second-order valence-corrected chi connectivity index (χ2v) is 12.4. The van der Waals surface area contributed by atoms with Crippen LogP contribution >= 0.6 is 18.9 Å². The van der Waals surface area contributed by atoms with E-state index < -0.39 is 7.60 Å². The molecule has 0 aliphatic carbocycles. The summed E-state index contributed by atoms with van der Waals surface area (Å²) >= 11 is 1.12. The van der Waals surface area contributed by atoms with Crippen molar-refractivity contribution in [2.24, 2.45) is 0 Å². The summed E-state index contributed by atoms with van der Waals surface area (Å²) in [4.78, 5) is 30.7. The third-order valence-corrected chi connectivity index (χ3v) is 8.06. The first-order chi connectivity index (χ1) is 17.5. The van der Waals surface area contributed by atoms with Gasteiger partial charge in [-0.25, -0.2) is 4.98 Å². The van der Waals surface area contributed by atoms with E-state index in [9.17, 15) is 14.2 Å². The quantitative estimate of drug-likeness (QED) is 0.259. The van der Waals surface area contributed by atoms with Crippen LogP contribution in [0.2, 0.25) is 0 Å². The summed E-state index contributed by atoms with van der Waals surface area (Å²) in [5.74, 6) is -0.608. The summed E-state index contributed by atoms with van der Waals surface area (Å²) < 4.78 is 24.4. The Balaban J connectivity index is 1.79. The van der Waals surface area contributed by atoms with E-state index in [4.69, 9.17) is 9.05 Å². The fraction of sp³-hybridized carbons (Fsp3) is 0.370. The first-order valence-corrected chi connectivity index (χ1v) is 14.7. The molecule has 2 N–H and O–H groups in total. The van der Waals surface area contributed by atoms with Gasteiger partial charge in [0.1, 0.15) is 4.88 Å². The van der Waals surface area contributed by atoms with E-state index in [-0.39, 0.29) is 36.2 Å². The average molecular weight is 544 g/mol. The molecule has 3 aromatic rings. The summed E-state index contributed by atoms with van der Waals surface area (Å²) in [6, 6.07) is 16.1. The molecule has 2 amide bonds. The van der Waals surface area contributed by atoms with Crippen molar-refractivity contribution in [1.29, 1.82) is 0 Å². The maximum Gasteiger partial charge on any atom is 0.335 e. The van der Waals surface area contributed by atoms with Gasteiger partial charge in [0.05, 0.1) is 24.1 Å². The van der Waals surface area contributed by atoms with Crippen LogP contribution in [0.3, 0.4) is 0 Å². The molecule has 8 nitrogen and oxygen atoms in total. The lowest BCUT2D eigenvalue weighted by molar-refractivity contribution is 0.0946. The number of rotatable bonds is 11. The Labute approximate surface area is 222 Å². The number of anilines is 1. The van der Waals surface area contributed by atoms with Crippen molar-refractivity contribution in [1.82, 2.24) is 10.3 Å². The molecule has 0 aliphatic rings. The molecule has 0 spiro atoms. The number of nitrogens with zero attached hydrogens (tertiary/aromatic N) is 1. The van der Waals surface area contributed by atoms with Crippen LogP contribution in [-0.4, -0.2) is 35.0 Å². The molecule has 0 unspecified atom stereocenters. The van der Waals surface area contributed by atoms with Gasteiger partial charge in [0.25, 0.3) is 11.8 Å². The Bertz CT molecular complexity index is 1240. The summed E-state index contributed by atoms with van der Waals surface area (Å²) in [6.07, 6.45) is -0.394. The molecule has 0 bridgehead atoms. The normalized spacial score (nSPS) is 11.8. The van der Waals surface area contributed by atoms with Crippen LogP contribution in [-0.2, 0) is 19.8 Å². The average Bonchev–Trinajstić information content (AvgIpc) is 3.22. The number of hydrogen-bond donors (Lipinski definition) is 2. The minimum atomic E-state index is -3.35. The van der Waals surface area contributed by atoms with Gasteiger partial charge < -0.3 is 14.4 Å². The molecule has 0 saturated carbocycles. The van der Waals surface area contributed by atoms with Crippen LogP contribution in [0.4, 0.5) is 5.13 Å². The Hall–Kier alpha value is -2.84. The van der Waals surface area contributed by atoms with E-state index in [0.29, 0.717) is 21.3 Å². The fourth-order valence-electron chi connectivity index (χ4n) is 3.54. The minimum Gasteiger partial charge on any atom is -0.349 e. The molecule has 2 aromatic carbocycles. The van der Waals surface area contributed by atoms with E-state index in [1.54, 1.807) is 24.3 Å². The molecule has 0 atom stereocenters. The van der Waals surface area contributed by atoms with Crippen molar-refractivity contribution in [3.8, 4) is 11.3 Å². The molecule has 0 fully saturated rings. The summed E-state index contributed by atoms with van der Waals surface area (Å²) in [6.45, 7) is 11.0. The van der Waals surface area contributed by atoms with E-state index in [1.807, 2.05) is 71.9 Å². The highest BCUT2D eigenvalue weighted by molar-refractivity contribution is 7.53. The topological polar surface area (TPSA) is 107 Å². The smallest absolute Gasteiger partial charge is 0.335 e. The first kappa shape index (κ1) is 28.7. The van der Waals surface area contributed by atoms with Gasteiger partial charge in [-0.15, -0.1) is 0 Å². The Morgan fingerprint density at radius 1 is 0.892 bits per heavy atom. The lowest BCUT2D eigenvalue weighted by Crippen LogP contribution is -2.29. The van der Waals surface area contributed by atoms with Crippen LogP contribution in [0, 0.1) is 0 Å². The Morgan fingerprint density at radius 2 is 1.49 bits per heavy atom. The van der Waals surface area contributed by atoms with Crippen molar-refractivity contribution >= 4 is 35.9 Å². The third kappa shape index (κ3) is 8.33. The highest BCUT2D eigenvalue weighted by atomic mass is 32.1. The molecule has 1 heterocycles. The second-order valence-electron chi connectivity index (χ2n) is 9.42. The molecule has 198 valence electrons. The predicted molar refractivity (Wildman–Crippen MR) is 148 cm³/mol. The monoisotopic (exact) mass is 543 g/mol. The van der Waals surface area contributed by atoms with Crippen LogP contribution < -0.4 is 10.6 Å². The molecular formula is C27H34N3O5PS. The fourth-order valence-corrected chi connectivity index (χ4v) is 6.57. The van der Waals surface area contributed by atoms with Crippen molar-refractivity contribution in [3.05, 3.63) is 70.6 Å². The molecule has 37 heavy (non-hydrogen) atoms. The highest BCUT2D eigenvalue weighted by Crippen LogP contribution is 2.53. The minimum absolute atomic E-state index is 0.0399.